The van der Waals surface area contributed by atoms with E-state index in [0.717, 1.165) is 26.1 Å². The van der Waals surface area contributed by atoms with E-state index in [0.29, 0.717) is 18.1 Å². The number of nitrogens with zero attached hydrogens (tertiary/aromatic N) is 1. The van der Waals surface area contributed by atoms with Crippen LogP contribution in [0.1, 0.15) is 38.3 Å². The molecule has 0 spiro atoms. The number of aryl methyl sites for hydroxylation is 1. The van der Waals surface area contributed by atoms with E-state index in [1.165, 1.54) is 16.8 Å². The van der Waals surface area contributed by atoms with Gasteiger partial charge in [-0.2, -0.15) is 0 Å². The molecule has 0 aromatic heterocycles. The van der Waals surface area contributed by atoms with E-state index in [4.69, 9.17) is 4.74 Å². The Morgan fingerprint density at radius 2 is 2.14 bits per heavy atom. The molecule has 1 aromatic carbocycles. The fourth-order valence-electron chi connectivity index (χ4n) is 3.10. The van der Waals surface area contributed by atoms with Gasteiger partial charge in [0.15, 0.2) is 0 Å². The van der Waals surface area contributed by atoms with Crippen LogP contribution >= 0.6 is 0 Å². The quantitative estimate of drug-likeness (QED) is 0.869. The number of hydrogen-bond donors (Lipinski definition) is 1. The lowest BCUT2D eigenvalue weighted by Crippen LogP contribution is -2.37. The van der Waals surface area contributed by atoms with Crippen LogP contribution in [0, 0.1) is 12.8 Å². The predicted molar refractivity (Wildman–Crippen MR) is 89.9 cm³/mol. The van der Waals surface area contributed by atoms with Gasteiger partial charge in [-0.25, -0.2) is 0 Å². The van der Waals surface area contributed by atoms with E-state index in [1.807, 2.05) is 0 Å². The molecule has 3 nitrogen and oxygen atoms in total. The van der Waals surface area contributed by atoms with Crippen LogP contribution in [0.3, 0.4) is 0 Å². The van der Waals surface area contributed by atoms with Gasteiger partial charge in [-0.3, -0.25) is 0 Å². The van der Waals surface area contributed by atoms with Crippen molar-refractivity contribution >= 4 is 5.69 Å². The molecule has 118 valence electrons. The Bertz CT molecular complexity index is 459. The van der Waals surface area contributed by atoms with E-state index in [1.54, 1.807) is 0 Å². The molecule has 0 amide bonds. The highest BCUT2D eigenvalue weighted by Crippen LogP contribution is 2.28. The second kappa shape index (κ2) is 7.28. The van der Waals surface area contributed by atoms with Crippen molar-refractivity contribution in [3.05, 3.63) is 29.3 Å². The molecular formula is C18H30N2O. The van der Waals surface area contributed by atoms with Crippen molar-refractivity contribution in [2.75, 3.05) is 25.1 Å². The van der Waals surface area contributed by atoms with Crippen LogP contribution in [0.4, 0.5) is 5.69 Å². The molecule has 3 heteroatoms. The summed E-state index contributed by atoms with van der Waals surface area (Å²) in [4.78, 5) is 2.41. The minimum absolute atomic E-state index is 0.313. The molecule has 0 saturated carbocycles. The normalized spacial score (nSPS) is 22.0. The zero-order valence-electron chi connectivity index (χ0n) is 14.1. The van der Waals surface area contributed by atoms with Crippen molar-refractivity contribution in [3.63, 3.8) is 0 Å². The molecule has 1 aliphatic heterocycles. The first kappa shape index (κ1) is 16.3. The summed E-state index contributed by atoms with van der Waals surface area (Å²) in [5.74, 6) is 0.680. The summed E-state index contributed by atoms with van der Waals surface area (Å²) in [6.45, 7) is 11.7. The van der Waals surface area contributed by atoms with Gasteiger partial charge in [0.2, 0.25) is 0 Å². The highest BCUT2D eigenvalue weighted by atomic mass is 16.5. The summed E-state index contributed by atoms with van der Waals surface area (Å²) >= 11 is 0. The van der Waals surface area contributed by atoms with Gasteiger partial charge in [-0.05, 0) is 44.4 Å². The van der Waals surface area contributed by atoms with Crippen LogP contribution in [-0.2, 0) is 11.3 Å². The van der Waals surface area contributed by atoms with Crippen LogP contribution < -0.4 is 10.2 Å². The minimum Gasteiger partial charge on any atom is -0.376 e. The van der Waals surface area contributed by atoms with Gasteiger partial charge in [0.25, 0.3) is 0 Å². The number of rotatable bonds is 6. The molecule has 1 heterocycles. The number of likely N-dealkylation sites (N-methyl/N-ethyl adjacent to an activating group) is 1. The lowest BCUT2D eigenvalue weighted by atomic mass is 10.0. The molecule has 1 saturated heterocycles. The third kappa shape index (κ3) is 4.21. The third-order valence-electron chi connectivity index (χ3n) is 4.32. The Labute approximate surface area is 129 Å². The maximum absolute atomic E-state index is 5.73. The summed E-state index contributed by atoms with van der Waals surface area (Å²) < 4.78 is 5.73. The molecule has 0 aliphatic carbocycles. The molecule has 1 aromatic rings. The van der Waals surface area contributed by atoms with Crippen LogP contribution in [0.2, 0.25) is 0 Å². The fourth-order valence-corrected chi connectivity index (χ4v) is 3.10. The summed E-state index contributed by atoms with van der Waals surface area (Å²) in [5.41, 5.74) is 4.04. The first-order valence-electron chi connectivity index (χ1n) is 8.13. The van der Waals surface area contributed by atoms with Gasteiger partial charge in [0.05, 0.1) is 12.1 Å². The van der Waals surface area contributed by atoms with Gasteiger partial charge in [0.1, 0.15) is 0 Å². The lowest BCUT2D eigenvalue weighted by Gasteiger charge is -2.31. The summed E-state index contributed by atoms with van der Waals surface area (Å²) in [7, 11) is 2.20. The van der Waals surface area contributed by atoms with Gasteiger partial charge in [0, 0.05) is 25.9 Å². The van der Waals surface area contributed by atoms with E-state index < -0.39 is 0 Å². The topological polar surface area (TPSA) is 24.5 Å². The van der Waals surface area contributed by atoms with E-state index >= 15 is 0 Å². The van der Waals surface area contributed by atoms with Crippen molar-refractivity contribution < 1.29 is 4.74 Å². The second-order valence-corrected chi connectivity index (χ2v) is 6.70. The number of hydrogen-bond acceptors (Lipinski definition) is 3. The van der Waals surface area contributed by atoms with E-state index in [9.17, 15) is 0 Å². The van der Waals surface area contributed by atoms with E-state index in [-0.39, 0.29) is 0 Å². The first-order chi connectivity index (χ1) is 9.99. The standard InChI is InChI=1S/C18H30N2O/c1-13(2)11-19-12-16-10-14(3)6-7-18(16)20(5)17-8-9-21-15(17)4/h6-7,10,13,15,17,19H,8-9,11-12H2,1-5H3. The molecule has 0 bridgehead atoms. The number of ether oxygens (including phenoxy) is 1. The Morgan fingerprint density at radius 3 is 2.76 bits per heavy atom. The van der Waals surface area contributed by atoms with Gasteiger partial charge < -0.3 is 15.0 Å². The number of benzene rings is 1. The summed E-state index contributed by atoms with van der Waals surface area (Å²) in [5, 5.41) is 3.57. The van der Waals surface area contributed by atoms with Crippen molar-refractivity contribution in [2.24, 2.45) is 5.92 Å². The molecule has 0 radical (unpaired) electrons. The smallest absolute Gasteiger partial charge is 0.0750 e. The molecule has 1 aliphatic rings. The Kier molecular flexibility index (Phi) is 5.65. The van der Waals surface area contributed by atoms with Crippen LogP contribution in [0.25, 0.3) is 0 Å². The largest absolute Gasteiger partial charge is 0.376 e. The first-order valence-corrected chi connectivity index (χ1v) is 8.13. The zero-order valence-corrected chi connectivity index (χ0v) is 14.1. The average molecular weight is 290 g/mol. The van der Waals surface area contributed by atoms with Crippen molar-refractivity contribution in [1.29, 1.82) is 0 Å². The summed E-state index contributed by atoms with van der Waals surface area (Å²) in [6.07, 6.45) is 1.43. The molecule has 2 atom stereocenters. The van der Waals surface area contributed by atoms with Crippen LogP contribution in [0.15, 0.2) is 18.2 Å². The second-order valence-electron chi connectivity index (χ2n) is 6.70. The Morgan fingerprint density at radius 1 is 1.38 bits per heavy atom. The monoisotopic (exact) mass is 290 g/mol. The third-order valence-corrected chi connectivity index (χ3v) is 4.32. The number of anilines is 1. The zero-order chi connectivity index (χ0) is 15.4. The molecule has 21 heavy (non-hydrogen) atoms. The van der Waals surface area contributed by atoms with E-state index in [2.05, 4.69) is 63.2 Å². The minimum atomic E-state index is 0.313. The Balaban J connectivity index is 2.13. The summed E-state index contributed by atoms with van der Waals surface area (Å²) in [6, 6.07) is 7.25. The van der Waals surface area contributed by atoms with Crippen molar-refractivity contribution in [2.45, 2.75) is 52.8 Å². The number of nitrogens with one attached hydrogen (secondary N) is 1. The van der Waals surface area contributed by atoms with Crippen molar-refractivity contribution in [1.82, 2.24) is 5.32 Å². The SMILES string of the molecule is Cc1ccc(N(C)C2CCOC2C)c(CNCC(C)C)c1. The predicted octanol–water partition coefficient (Wildman–Crippen LogP) is 3.35. The lowest BCUT2D eigenvalue weighted by molar-refractivity contribution is 0.118. The molecular weight excluding hydrogens is 260 g/mol. The van der Waals surface area contributed by atoms with Gasteiger partial charge >= 0.3 is 0 Å². The maximum atomic E-state index is 5.73. The van der Waals surface area contributed by atoms with Crippen molar-refractivity contribution in [3.8, 4) is 0 Å². The van der Waals surface area contributed by atoms with Gasteiger partial charge in [-0.1, -0.05) is 31.5 Å². The molecule has 1 fully saturated rings. The molecule has 2 unspecified atom stereocenters. The van der Waals surface area contributed by atoms with Gasteiger partial charge in [-0.15, -0.1) is 0 Å². The average Bonchev–Trinajstić information content (AvgIpc) is 2.84. The maximum Gasteiger partial charge on any atom is 0.0750 e. The molecule has 1 N–H and O–H groups in total. The fraction of sp³-hybridized carbons (Fsp3) is 0.667. The van der Waals surface area contributed by atoms with Crippen LogP contribution in [-0.4, -0.2) is 32.3 Å². The van der Waals surface area contributed by atoms with Crippen LogP contribution in [0.5, 0.6) is 0 Å². The highest BCUT2D eigenvalue weighted by molar-refractivity contribution is 5.55. The highest BCUT2D eigenvalue weighted by Gasteiger charge is 2.28. The molecule has 2 rings (SSSR count). The Hall–Kier alpha value is -1.06.